The van der Waals surface area contributed by atoms with Gasteiger partial charge in [0, 0.05) is 26.2 Å². The second-order valence-electron chi connectivity index (χ2n) is 5.46. The van der Waals surface area contributed by atoms with Crippen molar-refractivity contribution in [3.05, 3.63) is 0 Å². The summed E-state index contributed by atoms with van der Waals surface area (Å²) < 4.78 is 0. The van der Waals surface area contributed by atoms with Crippen molar-refractivity contribution in [2.75, 3.05) is 33.2 Å². The van der Waals surface area contributed by atoms with Gasteiger partial charge in [-0.05, 0) is 37.8 Å². The molecule has 0 bridgehead atoms. The summed E-state index contributed by atoms with van der Waals surface area (Å²) in [5.74, 6) is 2.58. The molecule has 18 heavy (non-hydrogen) atoms. The third-order valence-electron chi connectivity index (χ3n) is 4.03. The van der Waals surface area contributed by atoms with Gasteiger partial charge >= 0.3 is 0 Å². The van der Waals surface area contributed by atoms with E-state index >= 15 is 0 Å². The second-order valence-corrected chi connectivity index (χ2v) is 5.46. The maximum absolute atomic E-state index is 4.28. The molecule has 0 spiro atoms. The van der Waals surface area contributed by atoms with Crippen LogP contribution in [0.15, 0.2) is 4.99 Å². The number of guanidine groups is 1. The van der Waals surface area contributed by atoms with E-state index in [1.165, 1.54) is 32.5 Å². The molecule has 1 saturated heterocycles. The van der Waals surface area contributed by atoms with Gasteiger partial charge in [0.1, 0.15) is 0 Å². The number of rotatable bonds is 4. The van der Waals surface area contributed by atoms with E-state index in [2.05, 4.69) is 34.4 Å². The first-order chi connectivity index (χ1) is 8.22. The molecule has 0 aromatic rings. The SMILES string of the molecule is CCN1CCC(CNC(=NC)NC2CC2C)C1.I. The highest BCUT2D eigenvalue weighted by Crippen LogP contribution is 2.28. The van der Waals surface area contributed by atoms with E-state index in [4.69, 9.17) is 0 Å². The molecule has 1 saturated carbocycles. The smallest absolute Gasteiger partial charge is 0.191 e. The van der Waals surface area contributed by atoms with Crippen LogP contribution in [0.5, 0.6) is 0 Å². The standard InChI is InChI=1S/C13H26N4.HI/c1-4-17-6-5-11(9-17)8-15-13(14-3)16-12-7-10(12)2;/h10-12H,4-9H2,1-3H3,(H2,14,15,16);1H. The van der Waals surface area contributed by atoms with Crippen LogP contribution in [0.25, 0.3) is 0 Å². The van der Waals surface area contributed by atoms with Crippen molar-refractivity contribution in [2.24, 2.45) is 16.8 Å². The first-order valence-corrected chi connectivity index (χ1v) is 6.92. The van der Waals surface area contributed by atoms with E-state index in [1.54, 1.807) is 0 Å². The van der Waals surface area contributed by atoms with Crippen LogP contribution in [0.1, 0.15) is 26.7 Å². The molecule has 3 atom stereocenters. The summed E-state index contributed by atoms with van der Waals surface area (Å²) in [7, 11) is 1.86. The maximum atomic E-state index is 4.28. The van der Waals surface area contributed by atoms with Crippen molar-refractivity contribution < 1.29 is 0 Å². The Hall–Kier alpha value is -0.0400. The largest absolute Gasteiger partial charge is 0.356 e. The highest BCUT2D eigenvalue weighted by Gasteiger charge is 2.33. The minimum atomic E-state index is 0. The lowest BCUT2D eigenvalue weighted by atomic mass is 10.1. The number of nitrogens with one attached hydrogen (secondary N) is 2. The Bertz CT molecular complexity index is 282. The normalized spacial score (nSPS) is 31.9. The number of nitrogens with zero attached hydrogens (tertiary/aromatic N) is 2. The summed E-state index contributed by atoms with van der Waals surface area (Å²) in [6.45, 7) is 9.25. The fraction of sp³-hybridized carbons (Fsp3) is 0.923. The van der Waals surface area contributed by atoms with Gasteiger partial charge in [-0.2, -0.15) is 0 Å². The molecule has 1 aliphatic carbocycles. The number of aliphatic imine (C=N–C) groups is 1. The number of hydrogen-bond donors (Lipinski definition) is 2. The summed E-state index contributed by atoms with van der Waals surface area (Å²) in [4.78, 5) is 6.80. The average molecular weight is 366 g/mol. The fourth-order valence-electron chi connectivity index (χ4n) is 2.50. The molecule has 2 N–H and O–H groups in total. The lowest BCUT2D eigenvalue weighted by Gasteiger charge is -2.16. The van der Waals surface area contributed by atoms with Crippen LogP contribution < -0.4 is 10.6 Å². The van der Waals surface area contributed by atoms with Crippen LogP contribution >= 0.6 is 24.0 Å². The van der Waals surface area contributed by atoms with E-state index in [0.29, 0.717) is 6.04 Å². The van der Waals surface area contributed by atoms with Gasteiger partial charge in [-0.25, -0.2) is 0 Å². The van der Waals surface area contributed by atoms with Gasteiger partial charge < -0.3 is 15.5 Å². The summed E-state index contributed by atoms with van der Waals surface area (Å²) in [6, 6.07) is 0.650. The average Bonchev–Trinajstić information content (AvgIpc) is 2.85. The van der Waals surface area contributed by atoms with Gasteiger partial charge in [0.2, 0.25) is 0 Å². The first kappa shape index (κ1) is 16.0. The van der Waals surface area contributed by atoms with Gasteiger partial charge in [0.25, 0.3) is 0 Å². The van der Waals surface area contributed by atoms with E-state index in [1.807, 2.05) is 7.05 Å². The van der Waals surface area contributed by atoms with Crippen LogP contribution in [0, 0.1) is 11.8 Å². The van der Waals surface area contributed by atoms with Crippen molar-refractivity contribution in [3.63, 3.8) is 0 Å². The molecule has 0 aromatic heterocycles. The lowest BCUT2D eigenvalue weighted by molar-refractivity contribution is 0.342. The molecule has 0 radical (unpaired) electrons. The van der Waals surface area contributed by atoms with Crippen molar-refractivity contribution in [1.82, 2.24) is 15.5 Å². The topological polar surface area (TPSA) is 39.7 Å². The predicted molar refractivity (Wildman–Crippen MR) is 87.7 cm³/mol. The number of hydrogen-bond acceptors (Lipinski definition) is 2. The van der Waals surface area contributed by atoms with Crippen LogP contribution in [0.2, 0.25) is 0 Å². The fourth-order valence-corrected chi connectivity index (χ4v) is 2.50. The maximum Gasteiger partial charge on any atom is 0.191 e. The Kier molecular flexibility index (Phi) is 6.70. The van der Waals surface area contributed by atoms with Crippen LogP contribution in [-0.4, -0.2) is 50.1 Å². The third-order valence-corrected chi connectivity index (χ3v) is 4.03. The first-order valence-electron chi connectivity index (χ1n) is 6.92. The van der Waals surface area contributed by atoms with Gasteiger partial charge in [-0.1, -0.05) is 13.8 Å². The molecule has 2 fully saturated rings. The summed E-state index contributed by atoms with van der Waals surface area (Å²) >= 11 is 0. The van der Waals surface area contributed by atoms with Crippen LogP contribution in [0.4, 0.5) is 0 Å². The molecule has 2 aliphatic rings. The minimum Gasteiger partial charge on any atom is -0.356 e. The molecule has 0 aromatic carbocycles. The molecular weight excluding hydrogens is 339 g/mol. The molecular formula is C13H27IN4. The number of likely N-dealkylation sites (tertiary alicyclic amines) is 1. The zero-order valence-electron chi connectivity index (χ0n) is 11.8. The highest BCUT2D eigenvalue weighted by atomic mass is 127. The zero-order valence-corrected chi connectivity index (χ0v) is 14.1. The Balaban J connectivity index is 0.00000162. The van der Waals surface area contributed by atoms with E-state index in [-0.39, 0.29) is 24.0 Å². The Morgan fingerprint density at radius 3 is 2.67 bits per heavy atom. The zero-order chi connectivity index (χ0) is 12.3. The molecule has 5 heteroatoms. The van der Waals surface area contributed by atoms with Crippen LogP contribution in [0.3, 0.4) is 0 Å². The molecule has 2 rings (SSSR count). The molecule has 106 valence electrons. The Morgan fingerprint density at radius 1 is 1.44 bits per heavy atom. The summed E-state index contributed by atoms with van der Waals surface area (Å²) in [5.41, 5.74) is 0. The Morgan fingerprint density at radius 2 is 2.17 bits per heavy atom. The number of halogens is 1. The summed E-state index contributed by atoms with van der Waals surface area (Å²) in [6.07, 6.45) is 2.60. The highest BCUT2D eigenvalue weighted by molar-refractivity contribution is 14.0. The van der Waals surface area contributed by atoms with Crippen LogP contribution in [-0.2, 0) is 0 Å². The molecule has 3 unspecified atom stereocenters. The van der Waals surface area contributed by atoms with Crippen molar-refractivity contribution in [2.45, 2.75) is 32.7 Å². The molecule has 0 amide bonds. The molecule has 1 heterocycles. The second kappa shape index (κ2) is 7.53. The summed E-state index contributed by atoms with van der Waals surface area (Å²) in [5, 5.41) is 6.92. The van der Waals surface area contributed by atoms with Crippen molar-refractivity contribution in [1.29, 1.82) is 0 Å². The molecule has 4 nitrogen and oxygen atoms in total. The third kappa shape index (κ3) is 4.57. The lowest BCUT2D eigenvalue weighted by Crippen LogP contribution is -2.41. The quantitative estimate of drug-likeness (QED) is 0.450. The Labute approximate surface area is 128 Å². The van der Waals surface area contributed by atoms with Crippen molar-refractivity contribution in [3.8, 4) is 0 Å². The van der Waals surface area contributed by atoms with Crippen molar-refractivity contribution >= 4 is 29.9 Å². The van der Waals surface area contributed by atoms with E-state index in [0.717, 1.165) is 24.3 Å². The van der Waals surface area contributed by atoms with E-state index in [9.17, 15) is 0 Å². The van der Waals surface area contributed by atoms with Gasteiger partial charge in [-0.3, -0.25) is 4.99 Å². The van der Waals surface area contributed by atoms with Gasteiger partial charge in [0.15, 0.2) is 5.96 Å². The monoisotopic (exact) mass is 366 g/mol. The van der Waals surface area contributed by atoms with Gasteiger partial charge in [0.05, 0.1) is 0 Å². The van der Waals surface area contributed by atoms with Gasteiger partial charge in [-0.15, -0.1) is 24.0 Å². The van der Waals surface area contributed by atoms with E-state index < -0.39 is 0 Å². The predicted octanol–water partition coefficient (Wildman–Crippen LogP) is 1.52. The minimum absolute atomic E-state index is 0. The molecule has 1 aliphatic heterocycles.